The first-order valence-electron chi connectivity index (χ1n) is 6.94. The van der Waals surface area contributed by atoms with Crippen LogP contribution >= 0.6 is 12.2 Å². The summed E-state index contributed by atoms with van der Waals surface area (Å²) in [6.45, 7) is 3.52. The molecular formula is C14H18N4OS. The molecule has 1 aliphatic carbocycles. The number of pyridine rings is 1. The molecule has 1 aliphatic heterocycles. The Labute approximate surface area is 123 Å². The lowest BCUT2D eigenvalue weighted by Crippen LogP contribution is -2.49. The number of carbonyl (C=O) groups is 1. The molecule has 5 nitrogen and oxygen atoms in total. The molecule has 2 fully saturated rings. The molecule has 1 saturated carbocycles. The number of carbonyl (C=O) groups excluding carboxylic acids is 1. The molecule has 3 rings (SSSR count). The molecule has 0 atom stereocenters. The van der Waals surface area contributed by atoms with Gasteiger partial charge in [0, 0.05) is 44.0 Å². The van der Waals surface area contributed by atoms with Crippen LogP contribution in [0.25, 0.3) is 0 Å². The molecule has 0 radical (unpaired) electrons. The molecule has 2 aliphatic rings. The van der Waals surface area contributed by atoms with E-state index in [1.807, 2.05) is 4.90 Å². The molecule has 0 unspecified atom stereocenters. The van der Waals surface area contributed by atoms with Crippen molar-refractivity contribution in [3.05, 3.63) is 29.6 Å². The maximum atomic E-state index is 12.4. The quantitative estimate of drug-likeness (QED) is 0.828. The summed E-state index contributed by atoms with van der Waals surface area (Å²) in [5, 5.41) is 0. The van der Waals surface area contributed by atoms with Gasteiger partial charge < -0.3 is 10.6 Å². The molecule has 2 N–H and O–H groups in total. The second-order valence-corrected chi connectivity index (χ2v) is 5.80. The molecule has 1 saturated heterocycles. The first-order chi connectivity index (χ1) is 9.65. The highest BCUT2D eigenvalue weighted by molar-refractivity contribution is 7.80. The second-order valence-electron chi connectivity index (χ2n) is 5.36. The minimum Gasteiger partial charge on any atom is -0.389 e. The van der Waals surface area contributed by atoms with Gasteiger partial charge in [-0.25, -0.2) is 0 Å². The van der Waals surface area contributed by atoms with E-state index in [4.69, 9.17) is 18.0 Å². The van der Waals surface area contributed by atoms with Gasteiger partial charge in [-0.1, -0.05) is 12.2 Å². The summed E-state index contributed by atoms with van der Waals surface area (Å²) in [5.74, 6) is -0.00469. The Morgan fingerprint density at radius 2 is 1.95 bits per heavy atom. The number of rotatable bonds is 3. The van der Waals surface area contributed by atoms with Gasteiger partial charge in [0.1, 0.15) is 10.7 Å². The molecule has 0 spiro atoms. The Bertz CT molecular complexity index is 518. The van der Waals surface area contributed by atoms with Crippen LogP contribution in [0, 0.1) is 0 Å². The van der Waals surface area contributed by atoms with Crippen molar-refractivity contribution in [2.75, 3.05) is 26.2 Å². The average molecular weight is 290 g/mol. The van der Waals surface area contributed by atoms with Crippen LogP contribution in [0.4, 0.5) is 0 Å². The Kier molecular flexibility index (Phi) is 3.67. The summed E-state index contributed by atoms with van der Waals surface area (Å²) in [5.41, 5.74) is 6.68. The highest BCUT2D eigenvalue weighted by atomic mass is 32.1. The minimum absolute atomic E-state index is 0.00469. The number of hydrogen-bond acceptors (Lipinski definition) is 4. The van der Waals surface area contributed by atoms with E-state index in [9.17, 15) is 4.79 Å². The second kappa shape index (κ2) is 5.46. The van der Waals surface area contributed by atoms with Crippen LogP contribution < -0.4 is 5.73 Å². The molecule has 106 valence electrons. The normalized spacial score (nSPS) is 19.9. The Balaban J connectivity index is 1.62. The van der Waals surface area contributed by atoms with Crippen LogP contribution in [0.2, 0.25) is 0 Å². The van der Waals surface area contributed by atoms with Crippen LogP contribution in [0.1, 0.15) is 28.9 Å². The van der Waals surface area contributed by atoms with Gasteiger partial charge in [0.25, 0.3) is 5.91 Å². The number of amides is 1. The van der Waals surface area contributed by atoms with Crippen molar-refractivity contribution in [2.45, 2.75) is 18.9 Å². The number of piperazine rings is 1. The fourth-order valence-electron chi connectivity index (χ4n) is 2.56. The number of hydrogen-bond donors (Lipinski definition) is 1. The fourth-order valence-corrected chi connectivity index (χ4v) is 2.68. The Morgan fingerprint density at radius 1 is 1.25 bits per heavy atom. The summed E-state index contributed by atoms with van der Waals surface area (Å²) in [6, 6.07) is 4.22. The zero-order chi connectivity index (χ0) is 14.1. The van der Waals surface area contributed by atoms with Crippen molar-refractivity contribution in [3.8, 4) is 0 Å². The molecule has 1 aromatic heterocycles. The third-order valence-corrected chi connectivity index (χ3v) is 4.17. The van der Waals surface area contributed by atoms with E-state index in [1.165, 1.54) is 12.8 Å². The van der Waals surface area contributed by atoms with E-state index >= 15 is 0 Å². The van der Waals surface area contributed by atoms with E-state index in [-0.39, 0.29) is 5.91 Å². The van der Waals surface area contributed by atoms with Gasteiger partial charge in [-0.2, -0.15) is 0 Å². The minimum atomic E-state index is -0.00469. The van der Waals surface area contributed by atoms with Crippen LogP contribution in [0.3, 0.4) is 0 Å². The zero-order valence-electron chi connectivity index (χ0n) is 11.3. The molecule has 20 heavy (non-hydrogen) atoms. The monoisotopic (exact) mass is 290 g/mol. The van der Waals surface area contributed by atoms with Crippen molar-refractivity contribution >= 4 is 23.1 Å². The third kappa shape index (κ3) is 2.81. The standard InChI is InChI=1S/C14H18N4OS/c15-13(20)10-1-4-12(16-9-10)14(19)18-7-5-17(6-8-18)11-2-3-11/h1,4,9,11H,2-3,5-8H2,(H2,15,20). The molecule has 1 amide bonds. The molecular weight excluding hydrogens is 272 g/mol. The van der Waals surface area contributed by atoms with Crippen molar-refractivity contribution in [3.63, 3.8) is 0 Å². The van der Waals surface area contributed by atoms with E-state index in [2.05, 4.69) is 9.88 Å². The van der Waals surface area contributed by atoms with Gasteiger partial charge in [-0.3, -0.25) is 14.7 Å². The van der Waals surface area contributed by atoms with Crippen molar-refractivity contribution in [1.82, 2.24) is 14.8 Å². The van der Waals surface area contributed by atoms with Crippen LogP contribution in [-0.2, 0) is 0 Å². The molecule has 0 bridgehead atoms. The lowest BCUT2D eigenvalue weighted by atomic mass is 10.2. The molecule has 0 aromatic carbocycles. The van der Waals surface area contributed by atoms with Crippen LogP contribution in [-0.4, -0.2) is 57.9 Å². The number of aromatic nitrogens is 1. The smallest absolute Gasteiger partial charge is 0.272 e. The van der Waals surface area contributed by atoms with E-state index in [0.29, 0.717) is 16.2 Å². The van der Waals surface area contributed by atoms with Crippen LogP contribution in [0.15, 0.2) is 18.3 Å². The molecule has 2 heterocycles. The lowest BCUT2D eigenvalue weighted by molar-refractivity contribution is 0.0621. The van der Waals surface area contributed by atoms with Crippen molar-refractivity contribution < 1.29 is 4.79 Å². The van der Waals surface area contributed by atoms with Crippen molar-refractivity contribution in [2.24, 2.45) is 5.73 Å². The maximum Gasteiger partial charge on any atom is 0.272 e. The van der Waals surface area contributed by atoms with E-state index in [1.54, 1.807) is 18.3 Å². The average Bonchev–Trinajstić information content (AvgIpc) is 3.31. The summed E-state index contributed by atoms with van der Waals surface area (Å²) < 4.78 is 0. The third-order valence-electron chi connectivity index (χ3n) is 3.93. The number of nitrogens with zero attached hydrogens (tertiary/aromatic N) is 3. The SMILES string of the molecule is NC(=S)c1ccc(C(=O)N2CCN(C3CC3)CC2)nc1. The van der Waals surface area contributed by atoms with Gasteiger partial charge >= 0.3 is 0 Å². The topological polar surface area (TPSA) is 62.5 Å². The Morgan fingerprint density at radius 3 is 2.45 bits per heavy atom. The first-order valence-corrected chi connectivity index (χ1v) is 7.35. The Hall–Kier alpha value is -1.53. The van der Waals surface area contributed by atoms with Gasteiger partial charge in [0.15, 0.2) is 0 Å². The fraction of sp³-hybridized carbons (Fsp3) is 0.500. The van der Waals surface area contributed by atoms with E-state index < -0.39 is 0 Å². The summed E-state index contributed by atoms with van der Waals surface area (Å²) in [7, 11) is 0. The lowest BCUT2D eigenvalue weighted by Gasteiger charge is -2.34. The maximum absolute atomic E-state index is 12.4. The van der Waals surface area contributed by atoms with Gasteiger partial charge in [0.05, 0.1) is 0 Å². The predicted octanol–water partition coefficient (Wildman–Crippen LogP) is 0.636. The molecule has 6 heteroatoms. The first kappa shape index (κ1) is 13.5. The van der Waals surface area contributed by atoms with Gasteiger partial charge in [-0.15, -0.1) is 0 Å². The zero-order valence-corrected chi connectivity index (χ0v) is 12.1. The summed E-state index contributed by atoms with van der Waals surface area (Å²) in [4.78, 5) is 21.2. The van der Waals surface area contributed by atoms with Gasteiger partial charge in [0.2, 0.25) is 0 Å². The highest BCUT2D eigenvalue weighted by Crippen LogP contribution is 2.27. The summed E-state index contributed by atoms with van der Waals surface area (Å²) >= 11 is 4.88. The highest BCUT2D eigenvalue weighted by Gasteiger charge is 2.32. The summed E-state index contributed by atoms with van der Waals surface area (Å²) in [6.07, 6.45) is 4.20. The number of thiocarbonyl (C=S) groups is 1. The van der Waals surface area contributed by atoms with Gasteiger partial charge in [-0.05, 0) is 25.0 Å². The predicted molar refractivity (Wildman–Crippen MR) is 80.6 cm³/mol. The van der Waals surface area contributed by atoms with Crippen LogP contribution in [0.5, 0.6) is 0 Å². The van der Waals surface area contributed by atoms with Crippen molar-refractivity contribution in [1.29, 1.82) is 0 Å². The molecule has 1 aromatic rings. The van der Waals surface area contributed by atoms with E-state index in [0.717, 1.165) is 32.2 Å². The largest absolute Gasteiger partial charge is 0.389 e. The number of nitrogens with two attached hydrogens (primary N) is 1.